The lowest BCUT2D eigenvalue weighted by atomic mass is 10.1. The van der Waals surface area contributed by atoms with Crippen molar-refractivity contribution >= 4 is 21.8 Å². The number of amides is 1. The summed E-state index contributed by atoms with van der Waals surface area (Å²) in [7, 11) is 1.82. The highest BCUT2D eigenvalue weighted by molar-refractivity contribution is 9.10. The van der Waals surface area contributed by atoms with Crippen molar-refractivity contribution in [3.05, 3.63) is 64.1 Å². The number of phenols is 1. The summed E-state index contributed by atoms with van der Waals surface area (Å²) in [6.07, 6.45) is 1.20. The number of likely N-dealkylation sites (N-methyl/N-ethyl adjacent to an activating group) is 1. The van der Waals surface area contributed by atoms with Crippen LogP contribution in [0.1, 0.15) is 11.1 Å². The lowest BCUT2D eigenvalue weighted by molar-refractivity contribution is -0.129. The Kier molecular flexibility index (Phi) is 5.39. The molecule has 110 valence electrons. The van der Waals surface area contributed by atoms with E-state index in [9.17, 15) is 9.90 Å². The summed E-state index contributed by atoms with van der Waals surface area (Å²) in [5.74, 6) is 0.299. The summed E-state index contributed by atoms with van der Waals surface area (Å²) >= 11 is 3.41. The first-order valence-corrected chi connectivity index (χ1v) is 7.60. The van der Waals surface area contributed by atoms with Gasteiger partial charge < -0.3 is 10.0 Å². The average molecular weight is 348 g/mol. The maximum atomic E-state index is 12.1. The molecule has 0 heterocycles. The van der Waals surface area contributed by atoms with Gasteiger partial charge in [0.05, 0.1) is 6.42 Å². The maximum absolute atomic E-state index is 12.1. The topological polar surface area (TPSA) is 40.5 Å². The van der Waals surface area contributed by atoms with E-state index in [0.29, 0.717) is 13.0 Å². The monoisotopic (exact) mass is 347 g/mol. The first-order chi connectivity index (χ1) is 10.0. The standard InChI is InChI=1S/C17H18BrNO2/c1-19(11-10-13-2-6-15(18)7-3-13)17(21)12-14-4-8-16(20)9-5-14/h2-9,20H,10-12H2,1H3. The summed E-state index contributed by atoms with van der Waals surface area (Å²) in [5.41, 5.74) is 2.12. The molecule has 2 aromatic rings. The number of phenolic OH excluding ortho intramolecular Hbond substituents is 1. The molecule has 4 heteroatoms. The van der Waals surface area contributed by atoms with Crippen LogP contribution in [0.3, 0.4) is 0 Å². The molecule has 2 aromatic carbocycles. The Morgan fingerprint density at radius 3 is 2.24 bits per heavy atom. The Morgan fingerprint density at radius 2 is 1.62 bits per heavy atom. The first-order valence-electron chi connectivity index (χ1n) is 6.81. The molecule has 3 nitrogen and oxygen atoms in total. The number of hydrogen-bond donors (Lipinski definition) is 1. The second-order valence-corrected chi connectivity index (χ2v) is 5.95. The van der Waals surface area contributed by atoms with E-state index >= 15 is 0 Å². The molecule has 0 bridgehead atoms. The third kappa shape index (κ3) is 4.90. The van der Waals surface area contributed by atoms with Gasteiger partial charge in [-0.2, -0.15) is 0 Å². The van der Waals surface area contributed by atoms with Gasteiger partial charge >= 0.3 is 0 Å². The van der Waals surface area contributed by atoms with Crippen LogP contribution in [0.5, 0.6) is 5.75 Å². The molecular weight excluding hydrogens is 330 g/mol. The highest BCUT2D eigenvalue weighted by Gasteiger charge is 2.09. The lowest BCUT2D eigenvalue weighted by Crippen LogP contribution is -2.30. The van der Waals surface area contributed by atoms with Crippen molar-refractivity contribution < 1.29 is 9.90 Å². The van der Waals surface area contributed by atoms with Crippen LogP contribution in [0.4, 0.5) is 0 Å². The second-order valence-electron chi connectivity index (χ2n) is 5.03. The van der Waals surface area contributed by atoms with E-state index in [-0.39, 0.29) is 11.7 Å². The molecule has 0 spiro atoms. The van der Waals surface area contributed by atoms with Gasteiger partial charge in [0.25, 0.3) is 0 Å². The van der Waals surface area contributed by atoms with Crippen molar-refractivity contribution in [3.63, 3.8) is 0 Å². The zero-order valence-electron chi connectivity index (χ0n) is 11.9. The Labute approximate surface area is 133 Å². The predicted molar refractivity (Wildman–Crippen MR) is 87.3 cm³/mol. The molecule has 0 saturated carbocycles. The number of halogens is 1. The van der Waals surface area contributed by atoms with E-state index in [0.717, 1.165) is 16.5 Å². The van der Waals surface area contributed by atoms with E-state index in [2.05, 4.69) is 28.1 Å². The van der Waals surface area contributed by atoms with Crippen LogP contribution in [0, 0.1) is 0 Å². The van der Waals surface area contributed by atoms with Gasteiger partial charge in [0.1, 0.15) is 5.75 Å². The molecule has 0 aliphatic heterocycles. The SMILES string of the molecule is CN(CCc1ccc(Br)cc1)C(=O)Cc1ccc(O)cc1. The van der Waals surface area contributed by atoms with Gasteiger partial charge in [-0.25, -0.2) is 0 Å². The van der Waals surface area contributed by atoms with Crippen molar-refractivity contribution in [2.24, 2.45) is 0 Å². The van der Waals surface area contributed by atoms with Gasteiger partial charge in [-0.1, -0.05) is 40.2 Å². The summed E-state index contributed by atoms with van der Waals surface area (Å²) < 4.78 is 1.06. The van der Waals surface area contributed by atoms with E-state index in [1.165, 1.54) is 5.56 Å². The molecule has 0 saturated heterocycles. The second kappa shape index (κ2) is 7.27. The summed E-state index contributed by atoms with van der Waals surface area (Å²) in [6, 6.07) is 14.9. The van der Waals surface area contributed by atoms with Crippen LogP contribution in [-0.2, 0) is 17.6 Å². The summed E-state index contributed by atoms with van der Waals surface area (Å²) in [4.78, 5) is 13.9. The van der Waals surface area contributed by atoms with Gasteiger partial charge in [0.2, 0.25) is 5.91 Å². The largest absolute Gasteiger partial charge is 0.508 e. The molecule has 0 fully saturated rings. The van der Waals surface area contributed by atoms with Gasteiger partial charge in [-0.3, -0.25) is 4.79 Å². The van der Waals surface area contributed by atoms with Crippen LogP contribution >= 0.6 is 15.9 Å². The van der Waals surface area contributed by atoms with Crippen molar-refractivity contribution in [3.8, 4) is 5.75 Å². The van der Waals surface area contributed by atoms with E-state index < -0.39 is 0 Å². The first kappa shape index (κ1) is 15.6. The number of carbonyl (C=O) groups is 1. The summed E-state index contributed by atoms with van der Waals surface area (Å²) in [6.45, 7) is 0.693. The normalized spacial score (nSPS) is 10.4. The maximum Gasteiger partial charge on any atom is 0.226 e. The molecule has 21 heavy (non-hydrogen) atoms. The molecular formula is C17H18BrNO2. The summed E-state index contributed by atoms with van der Waals surface area (Å²) in [5, 5.41) is 9.23. The van der Waals surface area contributed by atoms with E-state index in [1.807, 2.05) is 19.2 Å². The van der Waals surface area contributed by atoms with Crippen LogP contribution in [-0.4, -0.2) is 29.5 Å². The fraction of sp³-hybridized carbons (Fsp3) is 0.235. The minimum atomic E-state index is 0.0813. The highest BCUT2D eigenvalue weighted by Crippen LogP contribution is 2.12. The van der Waals surface area contributed by atoms with Gasteiger partial charge in [0, 0.05) is 18.1 Å². The molecule has 0 aliphatic rings. The number of hydrogen-bond acceptors (Lipinski definition) is 2. The Hall–Kier alpha value is -1.81. The number of carbonyl (C=O) groups excluding carboxylic acids is 1. The number of rotatable bonds is 5. The van der Waals surface area contributed by atoms with Crippen LogP contribution in [0.25, 0.3) is 0 Å². The van der Waals surface area contributed by atoms with Crippen LogP contribution < -0.4 is 0 Å². The Bertz CT molecular complexity index is 593. The fourth-order valence-corrected chi connectivity index (χ4v) is 2.26. The van der Waals surface area contributed by atoms with Crippen molar-refractivity contribution in [1.82, 2.24) is 4.90 Å². The zero-order valence-corrected chi connectivity index (χ0v) is 13.5. The third-order valence-electron chi connectivity index (χ3n) is 3.37. The molecule has 0 radical (unpaired) electrons. The molecule has 0 unspecified atom stereocenters. The molecule has 2 rings (SSSR count). The quantitative estimate of drug-likeness (QED) is 0.900. The van der Waals surface area contributed by atoms with Crippen molar-refractivity contribution in [2.75, 3.05) is 13.6 Å². The van der Waals surface area contributed by atoms with Crippen molar-refractivity contribution in [2.45, 2.75) is 12.8 Å². The zero-order chi connectivity index (χ0) is 15.2. The van der Waals surface area contributed by atoms with Gasteiger partial charge in [-0.15, -0.1) is 0 Å². The molecule has 0 aliphatic carbocycles. The lowest BCUT2D eigenvalue weighted by Gasteiger charge is -2.17. The smallest absolute Gasteiger partial charge is 0.226 e. The third-order valence-corrected chi connectivity index (χ3v) is 3.90. The fourth-order valence-electron chi connectivity index (χ4n) is 2.00. The molecule has 1 amide bonds. The minimum absolute atomic E-state index is 0.0813. The average Bonchev–Trinajstić information content (AvgIpc) is 2.48. The Balaban J connectivity index is 1.84. The van der Waals surface area contributed by atoms with Crippen LogP contribution in [0.15, 0.2) is 53.0 Å². The van der Waals surface area contributed by atoms with Crippen molar-refractivity contribution in [1.29, 1.82) is 0 Å². The number of benzene rings is 2. The number of aromatic hydroxyl groups is 1. The van der Waals surface area contributed by atoms with E-state index in [1.54, 1.807) is 29.2 Å². The highest BCUT2D eigenvalue weighted by atomic mass is 79.9. The minimum Gasteiger partial charge on any atom is -0.508 e. The predicted octanol–water partition coefficient (Wildman–Crippen LogP) is 3.40. The van der Waals surface area contributed by atoms with Gasteiger partial charge in [-0.05, 0) is 41.8 Å². The molecule has 1 N–H and O–H groups in total. The number of nitrogens with zero attached hydrogens (tertiary/aromatic N) is 1. The Morgan fingerprint density at radius 1 is 1.05 bits per heavy atom. The van der Waals surface area contributed by atoms with E-state index in [4.69, 9.17) is 0 Å². The van der Waals surface area contributed by atoms with Gasteiger partial charge in [0.15, 0.2) is 0 Å². The molecule has 0 aromatic heterocycles. The molecule has 0 atom stereocenters. The van der Waals surface area contributed by atoms with Crippen LogP contribution in [0.2, 0.25) is 0 Å².